The highest BCUT2D eigenvalue weighted by Crippen LogP contribution is 2.21. The summed E-state index contributed by atoms with van der Waals surface area (Å²) in [5.41, 5.74) is -0.242. The number of hydrogen-bond acceptors (Lipinski definition) is 2. The lowest BCUT2D eigenvalue weighted by molar-refractivity contribution is -0.170. The predicted octanol–water partition coefficient (Wildman–Crippen LogP) is 3.18. The Balaban J connectivity index is 2.84. The molecule has 7 heteroatoms. The van der Waals surface area contributed by atoms with Gasteiger partial charge in [-0.2, -0.15) is 13.2 Å². The molecule has 0 unspecified atom stereocenters. The van der Waals surface area contributed by atoms with Gasteiger partial charge in [0, 0.05) is 5.56 Å². The van der Waals surface area contributed by atoms with E-state index in [-0.39, 0.29) is 5.56 Å². The van der Waals surface area contributed by atoms with Crippen LogP contribution in [0.5, 0.6) is 0 Å². The fraction of sp³-hybridized carbons (Fsp3) is 0.200. The second kappa shape index (κ2) is 4.83. The second-order valence-corrected chi connectivity index (χ2v) is 3.56. The maximum atomic E-state index is 12.7. The van der Waals surface area contributed by atoms with Gasteiger partial charge in [0.1, 0.15) is 5.82 Å². The number of ketones is 2. The third-order valence-electron chi connectivity index (χ3n) is 1.88. The fourth-order valence-electron chi connectivity index (χ4n) is 1.02. The number of hydrogen-bond donors (Lipinski definition) is 0. The van der Waals surface area contributed by atoms with E-state index in [4.69, 9.17) is 11.6 Å². The molecule has 0 aliphatic rings. The van der Waals surface area contributed by atoms with Crippen LogP contribution in [0, 0.1) is 5.82 Å². The van der Waals surface area contributed by atoms with E-state index < -0.39 is 35.0 Å². The highest BCUT2D eigenvalue weighted by Gasteiger charge is 2.39. The summed E-state index contributed by atoms with van der Waals surface area (Å²) in [5.74, 6) is -4.01. The molecular formula is C10H5ClF4O2. The zero-order chi connectivity index (χ0) is 13.2. The van der Waals surface area contributed by atoms with Crippen molar-refractivity contribution in [1.29, 1.82) is 0 Å². The SMILES string of the molecule is O=C(CC(=O)C(F)(F)F)c1ccc(F)c(Cl)c1. The van der Waals surface area contributed by atoms with E-state index in [9.17, 15) is 27.2 Å². The zero-order valence-electron chi connectivity index (χ0n) is 8.15. The molecule has 0 spiro atoms. The summed E-state index contributed by atoms with van der Waals surface area (Å²) in [6, 6.07) is 2.68. The average Bonchev–Trinajstić information content (AvgIpc) is 2.20. The topological polar surface area (TPSA) is 34.1 Å². The first-order chi connectivity index (χ1) is 7.71. The Morgan fingerprint density at radius 1 is 1.24 bits per heavy atom. The minimum Gasteiger partial charge on any atom is -0.294 e. The molecule has 0 saturated heterocycles. The maximum absolute atomic E-state index is 12.7. The molecule has 0 aliphatic heterocycles. The summed E-state index contributed by atoms with van der Waals surface area (Å²) in [6.07, 6.45) is -6.37. The molecule has 1 aromatic carbocycles. The molecule has 2 nitrogen and oxygen atoms in total. The summed E-state index contributed by atoms with van der Waals surface area (Å²) in [6.45, 7) is 0. The number of alkyl halides is 3. The number of halogens is 5. The van der Waals surface area contributed by atoms with Crippen molar-refractivity contribution in [3.63, 3.8) is 0 Å². The average molecular weight is 269 g/mol. The standard InChI is InChI=1S/C10H5ClF4O2/c11-6-3-5(1-2-7(6)12)8(16)4-9(17)10(13,14)15/h1-3H,4H2. The van der Waals surface area contributed by atoms with Crippen LogP contribution in [0.2, 0.25) is 5.02 Å². The highest BCUT2D eigenvalue weighted by molar-refractivity contribution is 6.31. The van der Waals surface area contributed by atoms with Gasteiger partial charge in [0.15, 0.2) is 5.78 Å². The molecule has 0 radical (unpaired) electrons. The van der Waals surface area contributed by atoms with Crippen molar-refractivity contribution < 1.29 is 27.2 Å². The van der Waals surface area contributed by atoms with Gasteiger partial charge in [0.05, 0.1) is 11.4 Å². The number of Topliss-reactive ketones (excluding diaryl/α,β-unsaturated/α-hetero) is 2. The predicted molar refractivity (Wildman–Crippen MR) is 51.4 cm³/mol. The summed E-state index contributed by atoms with van der Waals surface area (Å²) in [7, 11) is 0. The van der Waals surface area contributed by atoms with Crippen LogP contribution in [-0.4, -0.2) is 17.7 Å². The third kappa shape index (κ3) is 3.52. The van der Waals surface area contributed by atoms with Gasteiger partial charge in [0.25, 0.3) is 0 Å². The van der Waals surface area contributed by atoms with Gasteiger partial charge in [-0.3, -0.25) is 9.59 Å². The normalized spacial score (nSPS) is 11.4. The second-order valence-electron chi connectivity index (χ2n) is 3.15. The van der Waals surface area contributed by atoms with Crippen molar-refractivity contribution >= 4 is 23.2 Å². The van der Waals surface area contributed by atoms with Crippen molar-refractivity contribution in [2.24, 2.45) is 0 Å². The molecule has 0 amide bonds. The zero-order valence-corrected chi connectivity index (χ0v) is 8.90. The number of carbonyl (C=O) groups is 2. The van der Waals surface area contributed by atoms with Gasteiger partial charge in [0.2, 0.25) is 5.78 Å². The number of rotatable bonds is 3. The monoisotopic (exact) mass is 268 g/mol. The molecule has 0 aliphatic carbocycles. The fourth-order valence-corrected chi connectivity index (χ4v) is 1.20. The maximum Gasteiger partial charge on any atom is 0.450 e. The lowest BCUT2D eigenvalue weighted by Crippen LogP contribution is -2.25. The van der Waals surface area contributed by atoms with Gasteiger partial charge in [-0.25, -0.2) is 4.39 Å². The molecule has 17 heavy (non-hydrogen) atoms. The quantitative estimate of drug-likeness (QED) is 0.479. The van der Waals surface area contributed by atoms with Gasteiger partial charge < -0.3 is 0 Å². The Hall–Kier alpha value is -1.43. The Labute approximate surface area is 98.2 Å². The molecule has 0 heterocycles. The molecule has 0 saturated carbocycles. The van der Waals surface area contributed by atoms with Crippen LogP contribution >= 0.6 is 11.6 Å². The van der Waals surface area contributed by atoms with Gasteiger partial charge in [-0.05, 0) is 18.2 Å². The van der Waals surface area contributed by atoms with E-state index in [0.717, 1.165) is 18.2 Å². The lowest BCUT2D eigenvalue weighted by Gasteiger charge is -2.04. The van der Waals surface area contributed by atoms with Crippen LogP contribution in [0.15, 0.2) is 18.2 Å². The first kappa shape index (κ1) is 13.6. The van der Waals surface area contributed by atoms with Gasteiger partial charge in [-0.1, -0.05) is 11.6 Å². The Morgan fingerprint density at radius 3 is 2.29 bits per heavy atom. The highest BCUT2D eigenvalue weighted by atomic mass is 35.5. The minimum absolute atomic E-state index is 0.242. The van der Waals surface area contributed by atoms with E-state index >= 15 is 0 Å². The van der Waals surface area contributed by atoms with E-state index in [2.05, 4.69) is 0 Å². The van der Waals surface area contributed by atoms with Crippen molar-refractivity contribution in [2.45, 2.75) is 12.6 Å². The third-order valence-corrected chi connectivity index (χ3v) is 2.17. The van der Waals surface area contributed by atoms with Crippen molar-refractivity contribution in [2.75, 3.05) is 0 Å². The van der Waals surface area contributed by atoms with E-state index in [0.29, 0.717) is 0 Å². The summed E-state index contributed by atoms with van der Waals surface area (Å²) in [4.78, 5) is 21.8. The largest absolute Gasteiger partial charge is 0.450 e. The molecule has 1 rings (SSSR count). The summed E-state index contributed by atoms with van der Waals surface area (Å²) >= 11 is 5.35. The van der Waals surface area contributed by atoms with Crippen LogP contribution in [0.3, 0.4) is 0 Å². The van der Waals surface area contributed by atoms with E-state index in [1.165, 1.54) is 0 Å². The van der Waals surface area contributed by atoms with Gasteiger partial charge in [-0.15, -0.1) is 0 Å². The molecule has 92 valence electrons. The molecular weight excluding hydrogens is 264 g/mol. The molecule has 1 aromatic rings. The van der Waals surface area contributed by atoms with Crippen LogP contribution < -0.4 is 0 Å². The molecule has 0 N–H and O–H groups in total. The van der Waals surface area contributed by atoms with Crippen LogP contribution in [0.4, 0.5) is 17.6 Å². The van der Waals surface area contributed by atoms with Crippen LogP contribution in [-0.2, 0) is 4.79 Å². The Morgan fingerprint density at radius 2 is 1.82 bits per heavy atom. The molecule has 0 fully saturated rings. The van der Waals surface area contributed by atoms with Crippen molar-refractivity contribution in [3.05, 3.63) is 34.6 Å². The Kier molecular flexibility index (Phi) is 3.87. The smallest absolute Gasteiger partial charge is 0.294 e. The first-order valence-electron chi connectivity index (χ1n) is 4.30. The van der Waals surface area contributed by atoms with Crippen LogP contribution in [0.25, 0.3) is 0 Å². The number of carbonyl (C=O) groups excluding carboxylic acids is 2. The molecule has 0 aromatic heterocycles. The molecule has 0 bridgehead atoms. The summed E-state index contributed by atoms with van der Waals surface area (Å²) < 4.78 is 48.4. The lowest BCUT2D eigenvalue weighted by atomic mass is 10.1. The first-order valence-corrected chi connectivity index (χ1v) is 4.68. The summed E-state index contributed by atoms with van der Waals surface area (Å²) in [5, 5.41) is -0.393. The Bertz CT molecular complexity index is 468. The minimum atomic E-state index is -5.06. The number of benzene rings is 1. The van der Waals surface area contributed by atoms with Crippen molar-refractivity contribution in [3.8, 4) is 0 Å². The van der Waals surface area contributed by atoms with Crippen LogP contribution in [0.1, 0.15) is 16.8 Å². The van der Waals surface area contributed by atoms with Crippen molar-refractivity contribution in [1.82, 2.24) is 0 Å². The van der Waals surface area contributed by atoms with E-state index in [1.807, 2.05) is 0 Å². The van der Waals surface area contributed by atoms with Gasteiger partial charge >= 0.3 is 6.18 Å². The van der Waals surface area contributed by atoms with E-state index in [1.54, 1.807) is 0 Å². The molecule has 0 atom stereocenters.